The van der Waals surface area contributed by atoms with Crippen molar-refractivity contribution in [2.75, 3.05) is 13.1 Å². The molecule has 0 spiro atoms. The lowest BCUT2D eigenvalue weighted by atomic mass is 10.4. The van der Waals surface area contributed by atoms with Crippen LogP contribution in [-0.2, 0) is 4.79 Å². The zero-order valence-electron chi connectivity index (χ0n) is 8.88. The molecule has 16 heavy (non-hydrogen) atoms. The average molecular weight is 245 g/mol. The Bertz CT molecular complexity index is 376. The van der Waals surface area contributed by atoms with Gasteiger partial charge in [-0.3, -0.25) is 9.59 Å². The topological polar surface area (TPSA) is 71.3 Å². The summed E-state index contributed by atoms with van der Waals surface area (Å²) < 4.78 is 4.92. The number of hydrogen-bond acceptors (Lipinski definition) is 3. The highest BCUT2D eigenvalue weighted by atomic mass is 35.5. The molecule has 0 fully saturated rings. The Hall–Kier alpha value is -1.49. The average Bonchev–Trinajstić information content (AvgIpc) is 2.63. The molecule has 0 aliphatic carbocycles. The summed E-state index contributed by atoms with van der Waals surface area (Å²) >= 11 is 5.53. The molecule has 0 aromatic carbocycles. The minimum atomic E-state index is -0.310. The van der Waals surface area contributed by atoms with Gasteiger partial charge in [0.25, 0.3) is 5.91 Å². The van der Waals surface area contributed by atoms with E-state index in [0.717, 1.165) is 0 Å². The summed E-state index contributed by atoms with van der Waals surface area (Å²) in [6.45, 7) is 2.45. The smallest absolute Gasteiger partial charge is 0.287 e. The first-order valence-corrected chi connectivity index (χ1v) is 5.25. The fourth-order valence-electron chi connectivity index (χ4n) is 1.08. The maximum Gasteiger partial charge on any atom is 0.287 e. The number of carbonyl (C=O) groups is 2. The van der Waals surface area contributed by atoms with Gasteiger partial charge in [0.2, 0.25) is 5.91 Å². The molecule has 1 heterocycles. The van der Waals surface area contributed by atoms with Gasteiger partial charge in [-0.1, -0.05) is 0 Å². The number of amides is 2. The first-order chi connectivity index (χ1) is 7.59. The van der Waals surface area contributed by atoms with E-state index in [1.54, 1.807) is 0 Å². The molecule has 2 amide bonds. The van der Waals surface area contributed by atoms with Gasteiger partial charge in [-0.05, 0) is 30.2 Å². The minimum absolute atomic E-state index is 0.0795. The maximum absolute atomic E-state index is 11.4. The molecule has 88 valence electrons. The molecule has 0 unspecified atom stereocenters. The molecule has 6 heteroatoms. The van der Waals surface area contributed by atoms with Crippen molar-refractivity contribution in [3.63, 3.8) is 0 Å². The number of hydrogen-bond donors (Lipinski definition) is 2. The van der Waals surface area contributed by atoms with E-state index >= 15 is 0 Å². The number of carbonyl (C=O) groups excluding carboxylic acids is 2. The summed E-state index contributed by atoms with van der Waals surface area (Å²) in [5.41, 5.74) is 0. The summed E-state index contributed by atoms with van der Waals surface area (Å²) in [4.78, 5) is 21.9. The van der Waals surface area contributed by atoms with Crippen LogP contribution in [0.3, 0.4) is 0 Å². The summed E-state index contributed by atoms with van der Waals surface area (Å²) in [6, 6.07) is 3.01. The lowest BCUT2D eigenvalue weighted by molar-refractivity contribution is -0.118. The summed E-state index contributed by atoms with van der Waals surface area (Å²) in [7, 11) is 0. The predicted molar refractivity (Wildman–Crippen MR) is 59.4 cm³/mol. The molecule has 0 saturated heterocycles. The van der Waals surface area contributed by atoms with Gasteiger partial charge in [-0.25, -0.2) is 0 Å². The molecule has 0 atom stereocenters. The van der Waals surface area contributed by atoms with Gasteiger partial charge in [-0.2, -0.15) is 0 Å². The van der Waals surface area contributed by atoms with Gasteiger partial charge in [0.05, 0.1) is 0 Å². The van der Waals surface area contributed by atoms with Crippen molar-refractivity contribution in [1.29, 1.82) is 0 Å². The van der Waals surface area contributed by atoms with Crippen molar-refractivity contribution in [2.45, 2.75) is 13.3 Å². The monoisotopic (exact) mass is 244 g/mol. The number of halogens is 1. The fraction of sp³-hybridized carbons (Fsp3) is 0.400. The molecule has 5 nitrogen and oxygen atoms in total. The van der Waals surface area contributed by atoms with Gasteiger partial charge in [0.15, 0.2) is 11.0 Å². The molecule has 1 rings (SSSR count). The summed E-state index contributed by atoms with van der Waals surface area (Å²) in [5, 5.41) is 5.46. The third-order valence-corrected chi connectivity index (χ3v) is 2.01. The highest BCUT2D eigenvalue weighted by Crippen LogP contribution is 2.12. The van der Waals surface area contributed by atoms with E-state index in [4.69, 9.17) is 16.0 Å². The third-order valence-electron chi connectivity index (χ3n) is 1.81. The Morgan fingerprint density at radius 3 is 2.56 bits per heavy atom. The second kappa shape index (κ2) is 6.17. The number of nitrogens with one attached hydrogen (secondary N) is 2. The molecule has 1 aromatic rings. The molecule has 0 aliphatic heterocycles. The minimum Gasteiger partial charge on any atom is -0.440 e. The van der Waals surface area contributed by atoms with Crippen LogP contribution in [0.5, 0.6) is 0 Å². The lowest BCUT2D eigenvalue weighted by Crippen LogP contribution is -2.28. The first-order valence-electron chi connectivity index (χ1n) is 4.87. The molecular weight excluding hydrogens is 232 g/mol. The van der Waals surface area contributed by atoms with Crippen molar-refractivity contribution in [2.24, 2.45) is 0 Å². The fourth-order valence-corrected chi connectivity index (χ4v) is 1.22. The zero-order chi connectivity index (χ0) is 12.0. The maximum atomic E-state index is 11.4. The van der Waals surface area contributed by atoms with Gasteiger partial charge < -0.3 is 15.1 Å². The molecule has 2 N–H and O–H groups in total. The van der Waals surface area contributed by atoms with Crippen LogP contribution >= 0.6 is 11.6 Å². The van der Waals surface area contributed by atoms with Gasteiger partial charge in [-0.15, -0.1) is 0 Å². The SMILES string of the molecule is CC(=O)NCCCNC(=O)c1ccc(Cl)o1. The molecule has 1 aromatic heterocycles. The molecular formula is C10H13ClN2O3. The molecule has 0 radical (unpaired) electrons. The van der Waals surface area contributed by atoms with Crippen LogP contribution in [0.2, 0.25) is 5.22 Å². The normalized spacial score (nSPS) is 9.88. The van der Waals surface area contributed by atoms with Crippen molar-refractivity contribution >= 4 is 23.4 Å². The van der Waals surface area contributed by atoms with E-state index in [9.17, 15) is 9.59 Å². The van der Waals surface area contributed by atoms with E-state index < -0.39 is 0 Å². The van der Waals surface area contributed by atoms with Crippen molar-refractivity contribution < 1.29 is 14.0 Å². The zero-order valence-corrected chi connectivity index (χ0v) is 9.63. The molecule has 0 aliphatic rings. The van der Waals surface area contributed by atoms with Crippen LogP contribution in [-0.4, -0.2) is 24.9 Å². The molecule has 0 saturated carbocycles. The largest absolute Gasteiger partial charge is 0.440 e. The summed E-state index contributed by atoms with van der Waals surface area (Å²) in [5.74, 6) is -0.205. The lowest BCUT2D eigenvalue weighted by Gasteiger charge is -2.03. The third kappa shape index (κ3) is 4.35. The van der Waals surface area contributed by atoms with Crippen LogP contribution in [0, 0.1) is 0 Å². The second-order valence-corrected chi connectivity index (χ2v) is 3.57. The van der Waals surface area contributed by atoms with Crippen LogP contribution in [0.25, 0.3) is 0 Å². The van der Waals surface area contributed by atoms with E-state index in [1.807, 2.05) is 0 Å². The first kappa shape index (κ1) is 12.6. The summed E-state index contributed by atoms with van der Waals surface area (Å²) in [6.07, 6.45) is 0.666. The standard InChI is InChI=1S/C10H13ClN2O3/c1-7(14)12-5-2-6-13-10(15)8-3-4-9(11)16-8/h3-4H,2,5-6H2,1H3,(H,12,14)(H,13,15). The van der Waals surface area contributed by atoms with Crippen LogP contribution in [0.15, 0.2) is 16.5 Å². The second-order valence-electron chi connectivity index (χ2n) is 3.20. The van der Waals surface area contributed by atoms with E-state index in [2.05, 4.69) is 10.6 Å². The van der Waals surface area contributed by atoms with Crippen molar-refractivity contribution in [1.82, 2.24) is 10.6 Å². The Balaban J connectivity index is 2.18. The Morgan fingerprint density at radius 2 is 2.00 bits per heavy atom. The Morgan fingerprint density at radius 1 is 1.31 bits per heavy atom. The van der Waals surface area contributed by atoms with Crippen molar-refractivity contribution in [3.8, 4) is 0 Å². The van der Waals surface area contributed by atoms with Gasteiger partial charge >= 0.3 is 0 Å². The molecule has 0 bridgehead atoms. The Labute approximate surface area is 98.1 Å². The highest BCUT2D eigenvalue weighted by Gasteiger charge is 2.08. The van der Waals surface area contributed by atoms with E-state index in [1.165, 1.54) is 19.1 Å². The van der Waals surface area contributed by atoms with Gasteiger partial charge in [0, 0.05) is 20.0 Å². The van der Waals surface area contributed by atoms with Crippen molar-refractivity contribution in [3.05, 3.63) is 23.1 Å². The predicted octanol–water partition coefficient (Wildman–Crippen LogP) is 1.19. The van der Waals surface area contributed by atoms with Crippen LogP contribution in [0.4, 0.5) is 0 Å². The van der Waals surface area contributed by atoms with E-state index in [-0.39, 0.29) is 22.8 Å². The van der Waals surface area contributed by atoms with E-state index in [0.29, 0.717) is 19.5 Å². The Kier molecular flexibility index (Phi) is 4.85. The van der Waals surface area contributed by atoms with Crippen LogP contribution in [0.1, 0.15) is 23.9 Å². The van der Waals surface area contributed by atoms with Crippen LogP contribution < -0.4 is 10.6 Å². The highest BCUT2D eigenvalue weighted by molar-refractivity contribution is 6.29. The van der Waals surface area contributed by atoms with Gasteiger partial charge in [0.1, 0.15) is 0 Å². The quantitative estimate of drug-likeness (QED) is 0.765. The number of rotatable bonds is 5. The number of furan rings is 1.